The maximum atomic E-state index is 12.5. The number of rotatable bonds is 8. The van der Waals surface area contributed by atoms with Gasteiger partial charge in [-0.1, -0.05) is 11.8 Å². The van der Waals surface area contributed by atoms with Crippen LogP contribution in [0.2, 0.25) is 0 Å². The molecular formula is C16H22N2O2S2. The van der Waals surface area contributed by atoms with Crippen LogP contribution < -0.4 is 0 Å². The van der Waals surface area contributed by atoms with E-state index < -0.39 is 0 Å². The number of ketones is 1. The zero-order valence-corrected chi connectivity index (χ0v) is 15.1. The Labute approximate surface area is 139 Å². The monoisotopic (exact) mass is 338 g/mol. The molecule has 4 nitrogen and oxygen atoms in total. The number of Topliss-reactive ketones (excluding diaryl/α,β-unsaturated/α-hetero) is 1. The van der Waals surface area contributed by atoms with E-state index in [-0.39, 0.29) is 5.78 Å². The second-order valence-electron chi connectivity index (χ2n) is 5.25. The summed E-state index contributed by atoms with van der Waals surface area (Å²) < 4.78 is 8.25. The summed E-state index contributed by atoms with van der Waals surface area (Å²) in [5.41, 5.74) is 4.02. The van der Waals surface area contributed by atoms with Crippen molar-refractivity contribution in [2.45, 2.75) is 38.1 Å². The molecule has 0 spiro atoms. The number of hydrogen-bond donors (Lipinski definition) is 0. The standard InChI is InChI=1S/C16H22N2O2S2/c1-11-9-21-16(17-11)22-10-15(19)14-8-12(2)18(13(14)3)6-5-7-20-4/h8-9H,5-7,10H2,1-4H3. The molecule has 0 aliphatic heterocycles. The molecule has 0 aliphatic rings. The van der Waals surface area contributed by atoms with E-state index in [1.165, 1.54) is 11.8 Å². The molecule has 6 heteroatoms. The maximum Gasteiger partial charge on any atom is 0.174 e. The van der Waals surface area contributed by atoms with Crippen LogP contribution in [0.3, 0.4) is 0 Å². The van der Waals surface area contributed by atoms with Crippen LogP contribution in [0.1, 0.15) is 33.9 Å². The first-order valence-electron chi connectivity index (χ1n) is 7.26. The number of thioether (sulfide) groups is 1. The number of carbonyl (C=O) groups is 1. The molecule has 2 heterocycles. The molecule has 0 bridgehead atoms. The van der Waals surface area contributed by atoms with Crippen molar-refractivity contribution in [3.05, 3.63) is 34.1 Å². The number of ether oxygens (including phenoxy) is 1. The molecule has 2 aromatic heterocycles. The predicted molar refractivity (Wildman–Crippen MR) is 92.3 cm³/mol. The van der Waals surface area contributed by atoms with Gasteiger partial charge in [-0.3, -0.25) is 4.79 Å². The third kappa shape index (κ3) is 4.21. The zero-order valence-electron chi connectivity index (χ0n) is 13.5. The normalized spacial score (nSPS) is 11.1. The highest BCUT2D eigenvalue weighted by molar-refractivity contribution is 8.01. The number of carbonyl (C=O) groups excluding carboxylic acids is 1. The summed E-state index contributed by atoms with van der Waals surface area (Å²) in [6, 6.07) is 2.00. The fourth-order valence-corrected chi connectivity index (χ4v) is 4.13. The second-order valence-corrected chi connectivity index (χ2v) is 7.33. The molecule has 0 saturated heterocycles. The van der Waals surface area contributed by atoms with E-state index in [0.29, 0.717) is 5.75 Å². The number of aryl methyl sites for hydroxylation is 2. The maximum absolute atomic E-state index is 12.5. The minimum atomic E-state index is 0.170. The van der Waals surface area contributed by atoms with E-state index in [1.54, 1.807) is 18.4 Å². The van der Waals surface area contributed by atoms with Crippen LogP contribution in [-0.2, 0) is 11.3 Å². The van der Waals surface area contributed by atoms with Gasteiger partial charge in [0.15, 0.2) is 10.1 Å². The average Bonchev–Trinajstić information content (AvgIpc) is 3.02. The molecule has 0 N–H and O–H groups in total. The highest BCUT2D eigenvalue weighted by Gasteiger charge is 2.16. The molecule has 0 radical (unpaired) electrons. The summed E-state index contributed by atoms with van der Waals surface area (Å²) in [7, 11) is 1.71. The molecule has 0 aliphatic carbocycles. The average molecular weight is 338 g/mol. The van der Waals surface area contributed by atoms with Gasteiger partial charge in [0, 0.05) is 48.3 Å². The molecule has 0 atom stereocenters. The van der Waals surface area contributed by atoms with Crippen molar-refractivity contribution in [2.75, 3.05) is 19.5 Å². The van der Waals surface area contributed by atoms with Gasteiger partial charge >= 0.3 is 0 Å². The summed E-state index contributed by atoms with van der Waals surface area (Å²) in [4.78, 5) is 16.8. The minimum absolute atomic E-state index is 0.170. The van der Waals surface area contributed by atoms with Crippen LogP contribution in [0.15, 0.2) is 15.8 Å². The summed E-state index contributed by atoms with van der Waals surface area (Å²) in [5, 5.41) is 2.01. The van der Waals surface area contributed by atoms with E-state index in [1.807, 2.05) is 32.2 Å². The predicted octanol–water partition coefficient (Wildman–Crippen LogP) is 3.88. The number of hydrogen-bond acceptors (Lipinski definition) is 5. The first-order chi connectivity index (χ1) is 10.5. The Morgan fingerprint density at radius 1 is 1.41 bits per heavy atom. The van der Waals surface area contributed by atoms with Crippen molar-refractivity contribution < 1.29 is 9.53 Å². The van der Waals surface area contributed by atoms with Crippen molar-refractivity contribution in [1.82, 2.24) is 9.55 Å². The van der Waals surface area contributed by atoms with Gasteiger partial charge in [0.2, 0.25) is 0 Å². The van der Waals surface area contributed by atoms with Crippen molar-refractivity contribution in [2.24, 2.45) is 0 Å². The summed E-state index contributed by atoms with van der Waals surface area (Å²) in [6.07, 6.45) is 0.952. The Kier molecular flexibility index (Phi) is 6.23. The van der Waals surface area contributed by atoms with Crippen LogP contribution in [0.4, 0.5) is 0 Å². The molecule has 22 heavy (non-hydrogen) atoms. The molecule has 0 saturated carbocycles. The lowest BCUT2D eigenvalue weighted by Gasteiger charge is -2.09. The van der Waals surface area contributed by atoms with Gasteiger partial charge < -0.3 is 9.30 Å². The van der Waals surface area contributed by atoms with Gasteiger partial charge in [-0.25, -0.2) is 4.98 Å². The minimum Gasteiger partial charge on any atom is -0.385 e. The van der Waals surface area contributed by atoms with Gasteiger partial charge in [-0.05, 0) is 33.3 Å². The van der Waals surface area contributed by atoms with Crippen molar-refractivity contribution in [3.8, 4) is 0 Å². The second kappa shape index (κ2) is 7.94. The van der Waals surface area contributed by atoms with Gasteiger partial charge in [-0.15, -0.1) is 11.3 Å². The van der Waals surface area contributed by atoms with E-state index in [4.69, 9.17) is 4.74 Å². The largest absolute Gasteiger partial charge is 0.385 e. The van der Waals surface area contributed by atoms with Crippen molar-refractivity contribution in [3.63, 3.8) is 0 Å². The molecule has 2 aromatic rings. The van der Waals surface area contributed by atoms with Crippen LogP contribution in [-0.4, -0.2) is 34.8 Å². The smallest absolute Gasteiger partial charge is 0.174 e. The Balaban J connectivity index is 2.01. The van der Waals surface area contributed by atoms with Gasteiger partial charge in [0.25, 0.3) is 0 Å². The van der Waals surface area contributed by atoms with Crippen LogP contribution in [0.5, 0.6) is 0 Å². The fourth-order valence-electron chi connectivity index (χ4n) is 2.40. The highest BCUT2D eigenvalue weighted by atomic mass is 32.2. The van der Waals surface area contributed by atoms with Gasteiger partial charge in [-0.2, -0.15) is 0 Å². The Hall–Kier alpha value is -1.11. The Morgan fingerprint density at radius 2 is 2.18 bits per heavy atom. The first-order valence-corrected chi connectivity index (χ1v) is 9.13. The molecule has 120 valence electrons. The lowest BCUT2D eigenvalue weighted by Crippen LogP contribution is -2.08. The van der Waals surface area contributed by atoms with Crippen molar-refractivity contribution >= 4 is 28.9 Å². The molecule has 0 amide bonds. The van der Waals surface area contributed by atoms with E-state index in [9.17, 15) is 4.79 Å². The fraction of sp³-hybridized carbons (Fsp3) is 0.500. The molecule has 2 rings (SSSR count). The number of thiazole rings is 1. The summed E-state index contributed by atoms with van der Waals surface area (Å²) >= 11 is 3.11. The topological polar surface area (TPSA) is 44.1 Å². The summed E-state index contributed by atoms with van der Waals surface area (Å²) in [5.74, 6) is 0.610. The Morgan fingerprint density at radius 3 is 2.82 bits per heavy atom. The van der Waals surface area contributed by atoms with Crippen molar-refractivity contribution in [1.29, 1.82) is 0 Å². The van der Waals surface area contributed by atoms with E-state index >= 15 is 0 Å². The number of nitrogens with zero attached hydrogens (tertiary/aromatic N) is 2. The Bertz CT molecular complexity index is 647. The lowest BCUT2D eigenvalue weighted by molar-refractivity contribution is 0.102. The van der Waals surface area contributed by atoms with Gasteiger partial charge in [0.05, 0.1) is 5.75 Å². The van der Waals surface area contributed by atoms with E-state index in [2.05, 4.69) is 9.55 Å². The number of aromatic nitrogens is 2. The summed E-state index contributed by atoms with van der Waals surface area (Å²) in [6.45, 7) is 7.66. The van der Waals surface area contributed by atoms with Crippen LogP contribution >= 0.6 is 23.1 Å². The van der Waals surface area contributed by atoms with Crippen LogP contribution in [0.25, 0.3) is 0 Å². The van der Waals surface area contributed by atoms with Gasteiger partial charge in [0.1, 0.15) is 0 Å². The zero-order chi connectivity index (χ0) is 16.1. The highest BCUT2D eigenvalue weighted by Crippen LogP contribution is 2.24. The molecule has 0 aromatic carbocycles. The van der Waals surface area contributed by atoms with Crippen LogP contribution in [0, 0.1) is 20.8 Å². The quantitative estimate of drug-likeness (QED) is 0.416. The first kappa shape index (κ1) is 17.2. The lowest BCUT2D eigenvalue weighted by atomic mass is 10.2. The van der Waals surface area contributed by atoms with E-state index in [0.717, 1.165) is 46.6 Å². The molecule has 0 fully saturated rings. The number of methoxy groups -OCH3 is 1. The third-order valence-corrected chi connectivity index (χ3v) is 5.67. The SMILES string of the molecule is COCCCn1c(C)cc(C(=O)CSc2nc(C)cs2)c1C. The third-order valence-electron chi connectivity index (χ3n) is 3.53. The molecule has 0 unspecified atom stereocenters. The molecular weight excluding hydrogens is 316 g/mol.